The van der Waals surface area contributed by atoms with E-state index in [1.54, 1.807) is 6.92 Å². The summed E-state index contributed by atoms with van der Waals surface area (Å²) in [6.07, 6.45) is 1.44. The Hall–Kier alpha value is -2.60. The van der Waals surface area contributed by atoms with E-state index in [0.717, 1.165) is 20.9 Å². The normalized spacial score (nSPS) is 12.2. The van der Waals surface area contributed by atoms with Crippen molar-refractivity contribution in [2.45, 2.75) is 16.7 Å². The van der Waals surface area contributed by atoms with Crippen LogP contribution in [0.4, 0.5) is 15.8 Å². The monoisotopic (exact) mass is 340 g/mol. The van der Waals surface area contributed by atoms with Crippen LogP contribution >= 0.6 is 11.8 Å². The van der Waals surface area contributed by atoms with Crippen molar-refractivity contribution < 1.29 is 13.9 Å². The fraction of sp³-hybridized carbons (Fsp3) is 0.111. The number of carbonyl (C=O) groups is 1. The number of nitrogens with one attached hydrogen (secondary N) is 1. The first-order valence-electron chi connectivity index (χ1n) is 7.50. The van der Waals surface area contributed by atoms with E-state index in [4.69, 9.17) is 4.74 Å². The third kappa shape index (κ3) is 2.39. The number of carbonyl (C=O) groups excluding carboxylic acids is 1. The lowest BCUT2D eigenvalue weighted by Crippen LogP contribution is -2.09. The van der Waals surface area contributed by atoms with E-state index in [1.165, 1.54) is 30.1 Å². The molecule has 0 bridgehead atoms. The molecule has 0 spiro atoms. The molecule has 24 heavy (non-hydrogen) atoms. The minimum absolute atomic E-state index is 0.276. The Kier molecular flexibility index (Phi) is 3.61. The van der Waals surface area contributed by atoms with Gasteiger partial charge in [-0.25, -0.2) is 9.18 Å². The molecular formula is C18H13FN2O2S. The number of para-hydroxylation sites is 1. The summed E-state index contributed by atoms with van der Waals surface area (Å²) in [6.45, 7) is 2.03. The Morgan fingerprint density at radius 2 is 2.12 bits per heavy atom. The zero-order valence-corrected chi connectivity index (χ0v) is 13.6. The maximum Gasteiger partial charge on any atom is 0.341 e. The largest absolute Gasteiger partial charge is 0.462 e. The quantitative estimate of drug-likeness (QED) is 0.533. The van der Waals surface area contributed by atoms with Crippen LogP contribution in [0.5, 0.6) is 0 Å². The standard InChI is InChI=1S/C18H13FN2O2S/c1-2-23-18(22)11-9-20-13-7-10(19)8-15-16(13)17(11)21-12-5-3-4-6-14(12)24-15/h3-9,21H,2H2,1H3. The SMILES string of the molecule is CCOC(=O)c1cnc2cc(F)cc3c2c1Nc1ccccc1S3. The third-order valence-corrected chi connectivity index (χ3v) is 4.88. The van der Waals surface area contributed by atoms with Crippen LogP contribution in [-0.4, -0.2) is 17.6 Å². The summed E-state index contributed by atoms with van der Waals surface area (Å²) in [5.41, 5.74) is 2.30. The summed E-state index contributed by atoms with van der Waals surface area (Å²) < 4.78 is 19.1. The van der Waals surface area contributed by atoms with Gasteiger partial charge in [0.05, 0.1) is 23.5 Å². The summed E-state index contributed by atoms with van der Waals surface area (Å²) in [4.78, 5) is 18.2. The molecule has 0 radical (unpaired) electrons. The number of pyridine rings is 1. The van der Waals surface area contributed by atoms with Gasteiger partial charge < -0.3 is 10.1 Å². The van der Waals surface area contributed by atoms with Crippen LogP contribution in [0.3, 0.4) is 0 Å². The highest BCUT2D eigenvalue weighted by Gasteiger charge is 2.23. The second-order valence-electron chi connectivity index (χ2n) is 5.29. The molecule has 1 aromatic heterocycles. The summed E-state index contributed by atoms with van der Waals surface area (Å²) in [5, 5.41) is 4.04. The zero-order chi connectivity index (χ0) is 16.7. The van der Waals surface area contributed by atoms with E-state index < -0.39 is 5.97 Å². The first kappa shape index (κ1) is 15.0. The van der Waals surface area contributed by atoms with Crippen LogP contribution in [0.25, 0.3) is 10.9 Å². The number of ether oxygens (including phenoxy) is 1. The number of halogens is 1. The lowest BCUT2D eigenvalue weighted by molar-refractivity contribution is 0.0527. The van der Waals surface area contributed by atoms with Gasteiger partial charge in [-0.2, -0.15) is 0 Å². The maximum absolute atomic E-state index is 14.0. The van der Waals surface area contributed by atoms with E-state index in [-0.39, 0.29) is 12.4 Å². The molecule has 0 amide bonds. The highest BCUT2D eigenvalue weighted by atomic mass is 32.2. The van der Waals surface area contributed by atoms with Crippen molar-refractivity contribution in [3.63, 3.8) is 0 Å². The van der Waals surface area contributed by atoms with E-state index in [9.17, 15) is 9.18 Å². The summed E-state index contributed by atoms with van der Waals surface area (Å²) in [6, 6.07) is 10.5. The van der Waals surface area contributed by atoms with Crippen LogP contribution < -0.4 is 5.32 Å². The molecule has 120 valence electrons. The third-order valence-electron chi connectivity index (χ3n) is 3.76. The molecule has 1 N–H and O–H groups in total. The highest BCUT2D eigenvalue weighted by molar-refractivity contribution is 7.99. The Morgan fingerprint density at radius 3 is 2.96 bits per heavy atom. The van der Waals surface area contributed by atoms with Crippen LogP contribution in [0.1, 0.15) is 17.3 Å². The van der Waals surface area contributed by atoms with E-state index in [2.05, 4.69) is 10.3 Å². The predicted octanol–water partition coefficient (Wildman–Crippen LogP) is 4.76. The second-order valence-corrected chi connectivity index (χ2v) is 6.37. The van der Waals surface area contributed by atoms with E-state index >= 15 is 0 Å². The molecule has 0 fully saturated rings. The lowest BCUT2D eigenvalue weighted by Gasteiger charge is -2.13. The molecule has 1 aliphatic rings. The van der Waals surface area contributed by atoms with Gasteiger partial charge in [-0.1, -0.05) is 23.9 Å². The van der Waals surface area contributed by atoms with Gasteiger partial charge in [-0.05, 0) is 25.1 Å². The number of esters is 1. The smallest absolute Gasteiger partial charge is 0.341 e. The zero-order valence-electron chi connectivity index (χ0n) is 12.8. The number of anilines is 2. The lowest BCUT2D eigenvalue weighted by atomic mass is 10.1. The highest BCUT2D eigenvalue weighted by Crippen LogP contribution is 2.45. The Balaban J connectivity index is 2.03. The van der Waals surface area contributed by atoms with Gasteiger partial charge >= 0.3 is 5.97 Å². The van der Waals surface area contributed by atoms with Gasteiger partial charge in [0, 0.05) is 27.4 Å². The first-order valence-corrected chi connectivity index (χ1v) is 8.32. The molecule has 4 rings (SSSR count). The Morgan fingerprint density at radius 1 is 1.29 bits per heavy atom. The van der Waals surface area contributed by atoms with Crippen molar-refractivity contribution in [1.29, 1.82) is 0 Å². The van der Waals surface area contributed by atoms with Crippen molar-refractivity contribution >= 4 is 40.0 Å². The Labute approximate surface area is 142 Å². The number of fused-ring (bicyclic) bond motifs is 1. The molecule has 0 saturated carbocycles. The van der Waals surface area contributed by atoms with Crippen LogP contribution in [0.2, 0.25) is 0 Å². The van der Waals surface area contributed by atoms with E-state index in [1.807, 2.05) is 24.3 Å². The Bertz CT molecular complexity index is 975. The average molecular weight is 340 g/mol. The van der Waals surface area contributed by atoms with Gasteiger partial charge in [0.1, 0.15) is 11.4 Å². The fourth-order valence-electron chi connectivity index (χ4n) is 2.74. The second kappa shape index (κ2) is 5.79. The molecule has 2 aromatic carbocycles. The topological polar surface area (TPSA) is 51.2 Å². The van der Waals surface area contributed by atoms with Crippen LogP contribution in [-0.2, 0) is 4.74 Å². The maximum atomic E-state index is 14.0. The molecule has 0 aliphatic carbocycles. The summed E-state index contributed by atoms with van der Waals surface area (Å²) in [5.74, 6) is -0.805. The number of aromatic nitrogens is 1. The van der Waals surface area contributed by atoms with Gasteiger partial charge in [-0.3, -0.25) is 4.98 Å². The van der Waals surface area contributed by atoms with Crippen LogP contribution in [0.15, 0.2) is 52.4 Å². The minimum atomic E-state index is -0.450. The van der Waals surface area contributed by atoms with Gasteiger partial charge in [-0.15, -0.1) is 0 Å². The molecule has 1 aliphatic heterocycles. The molecule has 4 nitrogen and oxygen atoms in total. The van der Waals surface area contributed by atoms with Gasteiger partial charge in [0.15, 0.2) is 0 Å². The fourth-order valence-corrected chi connectivity index (χ4v) is 3.83. The first-order chi connectivity index (χ1) is 11.7. The van der Waals surface area contributed by atoms with Crippen molar-refractivity contribution in [3.05, 3.63) is 54.0 Å². The van der Waals surface area contributed by atoms with Crippen molar-refractivity contribution in [2.75, 3.05) is 11.9 Å². The van der Waals surface area contributed by atoms with Gasteiger partial charge in [0.25, 0.3) is 0 Å². The summed E-state index contributed by atoms with van der Waals surface area (Å²) >= 11 is 1.45. The molecule has 0 atom stereocenters. The van der Waals surface area contributed by atoms with Crippen molar-refractivity contribution in [2.24, 2.45) is 0 Å². The number of hydrogen-bond acceptors (Lipinski definition) is 5. The van der Waals surface area contributed by atoms with Gasteiger partial charge in [0.2, 0.25) is 0 Å². The molecule has 3 aromatic rings. The molecular weight excluding hydrogens is 327 g/mol. The van der Waals surface area contributed by atoms with E-state index in [0.29, 0.717) is 16.8 Å². The number of nitrogens with zero attached hydrogens (tertiary/aromatic N) is 1. The number of hydrogen-bond donors (Lipinski definition) is 1. The predicted molar refractivity (Wildman–Crippen MR) is 91.5 cm³/mol. The molecule has 2 heterocycles. The summed E-state index contributed by atoms with van der Waals surface area (Å²) in [7, 11) is 0. The van der Waals surface area contributed by atoms with Crippen molar-refractivity contribution in [3.8, 4) is 0 Å². The number of benzene rings is 2. The molecule has 0 saturated heterocycles. The number of rotatable bonds is 2. The van der Waals surface area contributed by atoms with Crippen molar-refractivity contribution in [1.82, 2.24) is 4.98 Å². The molecule has 0 unspecified atom stereocenters. The average Bonchev–Trinajstić information content (AvgIpc) is 2.72. The minimum Gasteiger partial charge on any atom is -0.462 e. The van der Waals surface area contributed by atoms with Crippen LogP contribution in [0, 0.1) is 5.82 Å². The molecule has 6 heteroatoms.